The second-order valence-corrected chi connectivity index (χ2v) is 8.50. The fourth-order valence-corrected chi connectivity index (χ4v) is 3.93. The van der Waals surface area contributed by atoms with Gasteiger partial charge in [-0.25, -0.2) is 0 Å². The predicted molar refractivity (Wildman–Crippen MR) is 111 cm³/mol. The summed E-state index contributed by atoms with van der Waals surface area (Å²) >= 11 is 0. The molecule has 158 valence electrons. The Hall–Kier alpha value is -1.57. The zero-order valence-corrected chi connectivity index (χ0v) is 17.8. The van der Waals surface area contributed by atoms with Crippen LogP contribution in [0.5, 0.6) is 0 Å². The van der Waals surface area contributed by atoms with Gasteiger partial charge in [0.25, 0.3) is 0 Å². The third kappa shape index (κ3) is 4.88. The van der Waals surface area contributed by atoms with Gasteiger partial charge in [0.1, 0.15) is 5.76 Å². The number of hydrogen-bond acceptors (Lipinski definition) is 5. The minimum atomic E-state index is -0.0995. The number of nitrogens with one attached hydrogen (secondary N) is 2. The van der Waals surface area contributed by atoms with Crippen LogP contribution in [-0.2, 0) is 15.9 Å². The lowest BCUT2D eigenvalue weighted by molar-refractivity contribution is -0.176. The molecule has 0 spiro atoms. The number of morpholine rings is 1. The van der Waals surface area contributed by atoms with Crippen molar-refractivity contribution in [3.8, 4) is 0 Å². The number of hydrogen-bond donors (Lipinski definition) is 2. The first kappa shape index (κ1) is 21.1. The summed E-state index contributed by atoms with van der Waals surface area (Å²) in [5, 5.41) is 7.11. The van der Waals surface area contributed by atoms with Gasteiger partial charge in [-0.1, -0.05) is 13.8 Å². The summed E-state index contributed by atoms with van der Waals surface area (Å²) in [6, 6.07) is 4.26. The molecule has 1 aliphatic heterocycles. The Morgan fingerprint density at radius 1 is 1.32 bits per heavy atom. The molecule has 1 saturated carbocycles. The van der Waals surface area contributed by atoms with Gasteiger partial charge < -0.3 is 24.5 Å². The van der Waals surface area contributed by atoms with Gasteiger partial charge in [0.2, 0.25) is 0 Å². The first-order valence-corrected chi connectivity index (χ1v) is 10.4. The summed E-state index contributed by atoms with van der Waals surface area (Å²) in [7, 11) is 1.80. The molecule has 2 unspecified atom stereocenters. The van der Waals surface area contributed by atoms with E-state index in [-0.39, 0.29) is 11.0 Å². The second kappa shape index (κ2) is 9.29. The van der Waals surface area contributed by atoms with Crippen molar-refractivity contribution in [1.29, 1.82) is 0 Å². The van der Waals surface area contributed by atoms with Crippen LogP contribution in [-0.4, -0.2) is 75.5 Å². The fraction of sp³-hybridized carbons (Fsp3) is 0.762. The van der Waals surface area contributed by atoms with E-state index in [1.807, 2.05) is 12.1 Å². The maximum atomic E-state index is 5.76. The predicted octanol–water partition coefficient (Wildman–Crippen LogP) is 1.89. The minimum Gasteiger partial charge on any atom is -0.469 e. The summed E-state index contributed by atoms with van der Waals surface area (Å²) in [5.41, 5.74) is -0.0623. The SMILES string of the molecule is COC1(C)CC(NC(=NCCN2CCOCC2)NCCc2ccco2)C1(C)C. The van der Waals surface area contributed by atoms with Crippen LogP contribution in [0.25, 0.3) is 0 Å². The topological polar surface area (TPSA) is 71.3 Å². The van der Waals surface area contributed by atoms with Crippen LogP contribution in [0.1, 0.15) is 33.0 Å². The first-order valence-electron chi connectivity index (χ1n) is 10.4. The number of furan rings is 1. The molecule has 7 nitrogen and oxygen atoms in total. The van der Waals surface area contributed by atoms with Gasteiger partial charge in [-0.05, 0) is 25.5 Å². The number of guanidine groups is 1. The minimum absolute atomic E-state index is 0.0371. The molecule has 1 aromatic heterocycles. The van der Waals surface area contributed by atoms with Crippen molar-refractivity contribution >= 4 is 5.96 Å². The standard InChI is InChI=1S/C21H36N4O3/c1-20(2)18(16-21(20,3)26-4)24-19(22-8-7-17-6-5-13-28-17)23-9-10-25-11-14-27-15-12-25/h5-6,13,18H,7-12,14-16H2,1-4H3,(H2,22,23,24). The van der Waals surface area contributed by atoms with Gasteiger partial charge in [-0.2, -0.15) is 0 Å². The largest absolute Gasteiger partial charge is 0.469 e. The highest BCUT2D eigenvalue weighted by Crippen LogP contribution is 2.51. The lowest BCUT2D eigenvalue weighted by Gasteiger charge is -2.59. The molecule has 2 aliphatic rings. The zero-order chi connectivity index (χ0) is 20.0. The highest BCUT2D eigenvalue weighted by molar-refractivity contribution is 5.80. The number of ether oxygens (including phenoxy) is 2. The number of rotatable bonds is 8. The van der Waals surface area contributed by atoms with E-state index in [1.165, 1.54) is 0 Å². The summed E-state index contributed by atoms with van der Waals surface area (Å²) in [6.07, 6.45) is 3.52. The Morgan fingerprint density at radius 2 is 2.11 bits per heavy atom. The molecule has 7 heteroatoms. The monoisotopic (exact) mass is 392 g/mol. The quantitative estimate of drug-likeness (QED) is 0.520. The van der Waals surface area contributed by atoms with E-state index in [0.717, 1.165) is 70.5 Å². The molecule has 28 heavy (non-hydrogen) atoms. The van der Waals surface area contributed by atoms with Crippen molar-refractivity contribution in [3.05, 3.63) is 24.2 Å². The number of aliphatic imine (C=N–C) groups is 1. The molecule has 0 amide bonds. The average molecular weight is 393 g/mol. The van der Waals surface area contributed by atoms with Crippen LogP contribution in [0.4, 0.5) is 0 Å². The molecule has 1 aliphatic carbocycles. The molecule has 0 aromatic carbocycles. The van der Waals surface area contributed by atoms with E-state index in [1.54, 1.807) is 13.4 Å². The molecule has 0 bridgehead atoms. The molecule has 2 heterocycles. The molecule has 2 N–H and O–H groups in total. The fourth-order valence-electron chi connectivity index (χ4n) is 3.93. The van der Waals surface area contributed by atoms with Crippen LogP contribution in [0, 0.1) is 5.41 Å². The van der Waals surface area contributed by atoms with Crippen molar-refractivity contribution in [2.75, 3.05) is 53.0 Å². The van der Waals surface area contributed by atoms with Crippen LogP contribution in [0.15, 0.2) is 27.8 Å². The Balaban J connectivity index is 1.54. The Bertz CT molecular complexity index is 626. The van der Waals surface area contributed by atoms with Crippen LogP contribution in [0.2, 0.25) is 0 Å². The van der Waals surface area contributed by atoms with Crippen LogP contribution >= 0.6 is 0 Å². The smallest absolute Gasteiger partial charge is 0.191 e. The van der Waals surface area contributed by atoms with Crippen molar-refractivity contribution in [2.24, 2.45) is 10.4 Å². The van der Waals surface area contributed by atoms with E-state index < -0.39 is 0 Å². The Morgan fingerprint density at radius 3 is 2.75 bits per heavy atom. The molecule has 1 saturated heterocycles. The number of nitrogens with zero attached hydrogens (tertiary/aromatic N) is 2. The maximum absolute atomic E-state index is 5.76. The van der Waals surface area contributed by atoms with E-state index in [9.17, 15) is 0 Å². The van der Waals surface area contributed by atoms with Crippen molar-refractivity contribution < 1.29 is 13.9 Å². The molecule has 2 atom stereocenters. The van der Waals surface area contributed by atoms with Crippen molar-refractivity contribution in [2.45, 2.75) is 45.3 Å². The third-order valence-electron chi connectivity index (χ3n) is 6.62. The van der Waals surface area contributed by atoms with E-state index in [0.29, 0.717) is 6.04 Å². The molecular formula is C21H36N4O3. The van der Waals surface area contributed by atoms with Gasteiger partial charge in [0, 0.05) is 51.2 Å². The van der Waals surface area contributed by atoms with Gasteiger partial charge in [-0.3, -0.25) is 9.89 Å². The van der Waals surface area contributed by atoms with E-state index in [2.05, 4.69) is 36.3 Å². The summed E-state index contributed by atoms with van der Waals surface area (Å²) in [6.45, 7) is 12.8. The summed E-state index contributed by atoms with van der Waals surface area (Å²) in [5.74, 6) is 1.85. The summed E-state index contributed by atoms with van der Waals surface area (Å²) < 4.78 is 16.6. The molecule has 1 aromatic rings. The third-order valence-corrected chi connectivity index (χ3v) is 6.62. The van der Waals surface area contributed by atoms with Gasteiger partial charge in [-0.15, -0.1) is 0 Å². The normalized spacial score (nSPS) is 28.0. The molecule has 3 rings (SSSR count). The average Bonchev–Trinajstić information content (AvgIpc) is 3.21. The van der Waals surface area contributed by atoms with Gasteiger partial charge >= 0.3 is 0 Å². The highest BCUT2D eigenvalue weighted by Gasteiger charge is 2.58. The highest BCUT2D eigenvalue weighted by atomic mass is 16.5. The molecular weight excluding hydrogens is 356 g/mol. The van der Waals surface area contributed by atoms with Gasteiger partial charge in [0.05, 0.1) is 31.6 Å². The Labute approximate surface area is 168 Å². The van der Waals surface area contributed by atoms with E-state index in [4.69, 9.17) is 18.9 Å². The maximum Gasteiger partial charge on any atom is 0.191 e. The number of methoxy groups -OCH3 is 1. The molecule has 2 fully saturated rings. The lowest BCUT2D eigenvalue weighted by atomic mass is 9.56. The molecule has 0 radical (unpaired) electrons. The lowest BCUT2D eigenvalue weighted by Crippen LogP contribution is -2.69. The van der Waals surface area contributed by atoms with Crippen molar-refractivity contribution in [1.82, 2.24) is 15.5 Å². The zero-order valence-electron chi connectivity index (χ0n) is 17.8. The van der Waals surface area contributed by atoms with Gasteiger partial charge in [0.15, 0.2) is 5.96 Å². The van der Waals surface area contributed by atoms with E-state index >= 15 is 0 Å². The van der Waals surface area contributed by atoms with Crippen LogP contribution < -0.4 is 10.6 Å². The van der Waals surface area contributed by atoms with Crippen LogP contribution in [0.3, 0.4) is 0 Å². The summed E-state index contributed by atoms with van der Waals surface area (Å²) in [4.78, 5) is 7.24. The second-order valence-electron chi connectivity index (χ2n) is 8.50. The Kier molecular flexibility index (Phi) is 7.01. The van der Waals surface area contributed by atoms with Crippen molar-refractivity contribution in [3.63, 3.8) is 0 Å². The first-order chi connectivity index (χ1) is 13.4.